The third kappa shape index (κ3) is 2.33. The summed E-state index contributed by atoms with van der Waals surface area (Å²) in [6.07, 6.45) is 2.03. The van der Waals surface area contributed by atoms with Crippen LogP contribution >= 0.6 is 11.3 Å². The Hall–Kier alpha value is -0.870. The van der Waals surface area contributed by atoms with Gasteiger partial charge in [0.2, 0.25) is 5.91 Å². The Labute approximate surface area is 87.5 Å². The Bertz CT molecular complexity index is 297. The first-order chi connectivity index (χ1) is 6.86. The third-order valence-electron chi connectivity index (χ3n) is 2.42. The van der Waals surface area contributed by atoms with E-state index in [-0.39, 0.29) is 11.9 Å². The van der Waals surface area contributed by atoms with E-state index in [1.807, 2.05) is 0 Å². The number of carbonyl (C=O) groups excluding carboxylic acids is 1. The van der Waals surface area contributed by atoms with Gasteiger partial charge in [-0.05, 0) is 35.2 Å². The van der Waals surface area contributed by atoms with Crippen molar-refractivity contribution in [1.82, 2.24) is 10.6 Å². The number of nitrogens with one attached hydrogen (secondary N) is 2. The maximum atomic E-state index is 11.4. The average molecular weight is 210 g/mol. The van der Waals surface area contributed by atoms with Crippen LogP contribution in [0.2, 0.25) is 0 Å². The van der Waals surface area contributed by atoms with Gasteiger partial charge in [-0.1, -0.05) is 0 Å². The Balaban J connectivity index is 1.82. The van der Waals surface area contributed by atoms with Gasteiger partial charge in [-0.15, -0.1) is 0 Å². The quantitative estimate of drug-likeness (QED) is 0.785. The second kappa shape index (κ2) is 4.57. The lowest BCUT2D eigenvalue weighted by atomic mass is 10.1. The Kier molecular flexibility index (Phi) is 3.16. The van der Waals surface area contributed by atoms with Crippen LogP contribution in [0.4, 0.5) is 0 Å². The molecule has 0 radical (unpaired) electrons. The largest absolute Gasteiger partial charge is 0.355 e. The van der Waals surface area contributed by atoms with Gasteiger partial charge in [-0.25, -0.2) is 0 Å². The summed E-state index contributed by atoms with van der Waals surface area (Å²) >= 11 is 1.69. The lowest BCUT2D eigenvalue weighted by molar-refractivity contribution is -0.124. The van der Waals surface area contributed by atoms with Gasteiger partial charge >= 0.3 is 0 Å². The van der Waals surface area contributed by atoms with Gasteiger partial charge in [0, 0.05) is 13.1 Å². The second-order valence-electron chi connectivity index (χ2n) is 3.50. The van der Waals surface area contributed by atoms with Crippen LogP contribution in [0.15, 0.2) is 16.8 Å². The summed E-state index contributed by atoms with van der Waals surface area (Å²) in [4.78, 5) is 11.4. The number of hydrogen-bond acceptors (Lipinski definition) is 3. The molecule has 0 aliphatic carbocycles. The van der Waals surface area contributed by atoms with Gasteiger partial charge in [-0.2, -0.15) is 11.3 Å². The number of rotatable bonds is 3. The molecule has 1 aliphatic rings. The standard InChI is InChI=1S/C10H14N2OS/c13-10-9(2-1-4-11-10)12-6-8-3-5-14-7-8/h3,5,7,9,12H,1-2,4,6H2,(H,11,13). The molecule has 0 spiro atoms. The molecule has 2 N–H and O–H groups in total. The highest BCUT2D eigenvalue weighted by Gasteiger charge is 2.20. The van der Waals surface area contributed by atoms with Crippen LogP contribution < -0.4 is 10.6 Å². The number of amides is 1. The fourth-order valence-electron chi connectivity index (χ4n) is 1.60. The van der Waals surface area contributed by atoms with Gasteiger partial charge in [0.15, 0.2) is 0 Å². The monoisotopic (exact) mass is 210 g/mol. The molecular formula is C10H14N2OS. The van der Waals surface area contributed by atoms with Gasteiger partial charge in [-0.3, -0.25) is 4.79 Å². The SMILES string of the molecule is O=C1NCCCC1NCc1ccsc1. The highest BCUT2D eigenvalue weighted by molar-refractivity contribution is 7.07. The van der Waals surface area contributed by atoms with E-state index in [2.05, 4.69) is 27.5 Å². The minimum atomic E-state index is 0.00338. The molecule has 1 atom stereocenters. The molecule has 1 unspecified atom stereocenters. The fraction of sp³-hybridized carbons (Fsp3) is 0.500. The summed E-state index contributed by atoms with van der Waals surface area (Å²) < 4.78 is 0. The maximum Gasteiger partial charge on any atom is 0.237 e. The highest BCUT2D eigenvalue weighted by Crippen LogP contribution is 2.08. The zero-order chi connectivity index (χ0) is 9.80. The van der Waals surface area contributed by atoms with Crippen molar-refractivity contribution in [2.24, 2.45) is 0 Å². The Morgan fingerprint density at radius 3 is 3.29 bits per heavy atom. The lowest BCUT2D eigenvalue weighted by Gasteiger charge is -2.22. The van der Waals surface area contributed by atoms with Crippen molar-refractivity contribution in [3.63, 3.8) is 0 Å². The minimum Gasteiger partial charge on any atom is -0.355 e. The summed E-state index contributed by atoms with van der Waals surface area (Å²) in [7, 11) is 0. The molecule has 1 aliphatic heterocycles. The number of hydrogen-bond donors (Lipinski definition) is 2. The summed E-state index contributed by atoms with van der Waals surface area (Å²) in [5.41, 5.74) is 1.26. The zero-order valence-corrected chi connectivity index (χ0v) is 8.77. The van der Waals surface area contributed by atoms with Crippen LogP contribution in [-0.4, -0.2) is 18.5 Å². The molecule has 14 heavy (non-hydrogen) atoms. The molecule has 1 saturated heterocycles. The summed E-state index contributed by atoms with van der Waals surface area (Å²) in [6.45, 7) is 1.62. The second-order valence-corrected chi connectivity index (χ2v) is 4.28. The summed E-state index contributed by atoms with van der Waals surface area (Å²) in [6, 6.07) is 2.09. The molecule has 76 valence electrons. The van der Waals surface area contributed by atoms with Crippen molar-refractivity contribution >= 4 is 17.2 Å². The normalized spacial score (nSPS) is 22.0. The fourth-order valence-corrected chi connectivity index (χ4v) is 2.27. The van der Waals surface area contributed by atoms with E-state index < -0.39 is 0 Å². The van der Waals surface area contributed by atoms with E-state index >= 15 is 0 Å². The van der Waals surface area contributed by atoms with Gasteiger partial charge in [0.05, 0.1) is 6.04 Å². The van der Waals surface area contributed by atoms with Crippen molar-refractivity contribution in [2.75, 3.05) is 6.54 Å². The smallest absolute Gasteiger partial charge is 0.237 e. The van der Waals surface area contributed by atoms with Crippen molar-refractivity contribution in [2.45, 2.75) is 25.4 Å². The molecule has 4 heteroatoms. The van der Waals surface area contributed by atoms with Gasteiger partial charge in [0.1, 0.15) is 0 Å². The predicted molar refractivity (Wildman–Crippen MR) is 57.2 cm³/mol. The molecule has 1 aromatic heterocycles. The van der Waals surface area contributed by atoms with Gasteiger partial charge < -0.3 is 10.6 Å². The van der Waals surface area contributed by atoms with E-state index in [9.17, 15) is 4.79 Å². The molecule has 1 aromatic rings. The van der Waals surface area contributed by atoms with Crippen LogP contribution in [0.25, 0.3) is 0 Å². The Morgan fingerprint density at radius 1 is 1.64 bits per heavy atom. The summed E-state index contributed by atoms with van der Waals surface area (Å²) in [5, 5.41) is 10.3. The van der Waals surface area contributed by atoms with Crippen molar-refractivity contribution < 1.29 is 4.79 Å². The number of thiophene rings is 1. The summed E-state index contributed by atoms with van der Waals surface area (Å²) in [5.74, 6) is 0.145. The molecule has 1 fully saturated rings. The van der Waals surface area contributed by atoms with Crippen LogP contribution in [0, 0.1) is 0 Å². The molecule has 0 saturated carbocycles. The van der Waals surface area contributed by atoms with E-state index in [1.54, 1.807) is 11.3 Å². The maximum absolute atomic E-state index is 11.4. The topological polar surface area (TPSA) is 41.1 Å². The molecule has 2 rings (SSSR count). The highest BCUT2D eigenvalue weighted by atomic mass is 32.1. The van der Waals surface area contributed by atoms with E-state index in [4.69, 9.17) is 0 Å². The third-order valence-corrected chi connectivity index (χ3v) is 3.15. The van der Waals surface area contributed by atoms with Crippen LogP contribution in [0.3, 0.4) is 0 Å². The lowest BCUT2D eigenvalue weighted by Crippen LogP contribution is -2.47. The number of carbonyl (C=O) groups is 1. The first-order valence-electron chi connectivity index (χ1n) is 4.88. The van der Waals surface area contributed by atoms with E-state index in [1.165, 1.54) is 5.56 Å². The molecular weight excluding hydrogens is 196 g/mol. The zero-order valence-electron chi connectivity index (χ0n) is 7.95. The first kappa shape index (κ1) is 9.68. The molecule has 0 aromatic carbocycles. The van der Waals surface area contributed by atoms with Gasteiger partial charge in [0.25, 0.3) is 0 Å². The van der Waals surface area contributed by atoms with Crippen molar-refractivity contribution in [1.29, 1.82) is 0 Å². The molecule has 0 bridgehead atoms. The minimum absolute atomic E-state index is 0.00338. The average Bonchev–Trinajstić information content (AvgIpc) is 2.69. The molecule has 1 amide bonds. The number of piperidine rings is 1. The van der Waals surface area contributed by atoms with Crippen LogP contribution in [0.1, 0.15) is 18.4 Å². The Morgan fingerprint density at radius 2 is 2.57 bits per heavy atom. The molecule has 3 nitrogen and oxygen atoms in total. The van der Waals surface area contributed by atoms with Crippen LogP contribution in [-0.2, 0) is 11.3 Å². The van der Waals surface area contributed by atoms with E-state index in [0.717, 1.165) is 25.9 Å². The first-order valence-corrected chi connectivity index (χ1v) is 5.83. The van der Waals surface area contributed by atoms with Crippen molar-refractivity contribution in [3.8, 4) is 0 Å². The molecule has 2 heterocycles. The van der Waals surface area contributed by atoms with Crippen molar-refractivity contribution in [3.05, 3.63) is 22.4 Å². The van der Waals surface area contributed by atoms with Crippen LogP contribution in [0.5, 0.6) is 0 Å². The van der Waals surface area contributed by atoms with E-state index in [0.29, 0.717) is 0 Å². The predicted octanol–water partition coefficient (Wildman–Crippen LogP) is 1.12.